The molecule has 0 unspecified atom stereocenters. The molecule has 1 N–H and O–H groups in total. The van der Waals surface area contributed by atoms with E-state index in [1.807, 2.05) is 10.8 Å². The average Bonchev–Trinajstić information content (AvgIpc) is 2.75. The van der Waals surface area contributed by atoms with E-state index in [2.05, 4.69) is 15.9 Å². The molecule has 0 amide bonds. The molecule has 15 heavy (non-hydrogen) atoms. The summed E-state index contributed by atoms with van der Waals surface area (Å²) in [5, 5.41) is 9.01. The molecule has 1 aromatic heterocycles. The van der Waals surface area contributed by atoms with Crippen molar-refractivity contribution in [3.63, 3.8) is 0 Å². The maximum Gasteiger partial charge on any atom is 0.352 e. The van der Waals surface area contributed by atoms with Crippen LogP contribution in [0.3, 0.4) is 0 Å². The van der Waals surface area contributed by atoms with Crippen LogP contribution in [0.1, 0.15) is 36.2 Å². The first-order chi connectivity index (χ1) is 7.16. The Bertz CT molecular complexity index is 367. The van der Waals surface area contributed by atoms with Gasteiger partial charge in [-0.05, 0) is 40.8 Å². The zero-order chi connectivity index (χ0) is 10.8. The van der Waals surface area contributed by atoms with Gasteiger partial charge in [-0.15, -0.1) is 0 Å². The maximum absolute atomic E-state index is 11.0. The van der Waals surface area contributed by atoms with Crippen molar-refractivity contribution in [2.75, 3.05) is 0 Å². The Labute approximate surface area is 97.2 Å². The molecule has 0 bridgehead atoms. The lowest BCUT2D eigenvalue weighted by Gasteiger charge is -2.11. The Morgan fingerprint density at radius 1 is 1.53 bits per heavy atom. The van der Waals surface area contributed by atoms with Gasteiger partial charge in [0.1, 0.15) is 5.69 Å². The molecule has 1 saturated carbocycles. The first-order valence-electron chi connectivity index (χ1n) is 5.26. The molecule has 1 aromatic rings. The highest BCUT2D eigenvalue weighted by molar-refractivity contribution is 9.10. The smallest absolute Gasteiger partial charge is 0.352 e. The predicted molar refractivity (Wildman–Crippen MR) is 61.0 cm³/mol. The first kappa shape index (κ1) is 10.7. The van der Waals surface area contributed by atoms with Crippen LogP contribution >= 0.6 is 15.9 Å². The molecule has 0 aromatic carbocycles. The molecule has 1 aliphatic carbocycles. The normalized spacial score (nSPS) is 17.1. The minimum absolute atomic E-state index is 0.383. The number of hydrogen-bond acceptors (Lipinski definition) is 1. The summed E-state index contributed by atoms with van der Waals surface area (Å²) < 4.78 is 2.69. The lowest BCUT2D eigenvalue weighted by atomic mass is 10.1. The van der Waals surface area contributed by atoms with Crippen LogP contribution in [-0.2, 0) is 6.54 Å². The molecule has 0 aliphatic heterocycles. The van der Waals surface area contributed by atoms with Gasteiger partial charge in [0.2, 0.25) is 0 Å². The number of aromatic nitrogens is 1. The van der Waals surface area contributed by atoms with Crippen molar-refractivity contribution in [3.05, 3.63) is 22.4 Å². The van der Waals surface area contributed by atoms with E-state index in [1.165, 1.54) is 25.7 Å². The Balaban J connectivity index is 2.15. The number of carbonyl (C=O) groups is 1. The van der Waals surface area contributed by atoms with Crippen LogP contribution in [0.25, 0.3) is 0 Å². The highest BCUT2D eigenvalue weighted by atomic mass is 79.9. The van der Waals surface area contributed by atoms with E-state index < -0.39 is 5.97 Å². The monoisotopic (exact) mass is 271 g/mol. The fourth-order valence-electron chi connectivity index (χ4n) is 2.28. The van der Waals surface area contributed by atoms with Crippen molar-refractivity contribution in [3.8, 4) is 0 Å². The van der Waals surface area contributed by atoms with Gasteiger partial charge in [0.25, 0.3) is 0 Å². The number of halogens is 1. The van der Waals surface area contributed by atoms with Crippen molar-refractivity contribution >= 4 is 21.9 Å². The Morgan fingerprint density at radius 3 is 2.80 bits per heavy atom. The third-order valence-corrected chi connectivity index (χ3v) is 3.45. The van der Waals surface area contributed by atoms with Crippen LogP contribution in [0.15, 0.2) is 16.7 Å². The molecular weight excluding hydrogens is 258 g/mol. The largest absolute Gasteiger partial charge is 0.477 e. The van der Waals surface area contributed by atoms with E-state index in [-0.39, 0.29) is 0 Å². The molecule has 0 spiro atoms. The molecule has 0 radical (unpaired) electrons. The van der Waals surface area contributed by atoms with Crippen LogP contribution in [0.5, 0.6) is 0 Å². The van der Waals surface area contributed by atoms with Gasteiger partial charge in [0.05, 0.1) is 0 Å². The van der Waals surface area contributed by atoms with Crippen molar-refractivity contribution < 1.29 is 9.90 Å². The summed E-state index contributed by atoms with van der Waals surface area (Å²) in [5.74, 6) is -0.193. The maximum atomic E-state index is 11.0. The van der Waals surface area contributed by atoms with Gasteiger partial charge in [-0.1, -0.05) is 12.8 Å². The SMILES string of the molecule is O=C(O)c1cc(Br)cn1CC1CCCC1. The number of carboxylic acid groups (broad SMARTS) is 1. The van der Waals surface area contributed by atoms with Crippen molar-refractivity contribution in [1.82, 2.24) is 4.57 Å². The van der Waals surface area contributed by atoms with Crippen LogP contribution in [-0.4, -0.2) is 15.6 Å². The summed E-state index contributed by atoms with van der Waals surface area (Å²) in [7, 11) is 0. The zero-order valence-corrected chi connectivity index (χ0v) is 10.0. The average molecular weight is 272 g/mol. The molecule has 1 fully saturated rings. The Hall–Kier alpha value is -0.770. The molecule has 3 nitrogen and oxygen atoms in total. The molecule has 2 rings (SSSR count). The highest BCUT2D eigenvalue weighted by Gasteiger charge is 2.18. The summed E-state index contributed by atoms with van der Waals surface area (Å²) in [6, 6.07) is 1.66. The molecule has 82 valence electrons. The zero-order valence-electron chi connectivity index (χ0n) is 8.45. The second kappa shape index (κ2) is 4.39. The number of nitrogens with zero attached hydrogens (tertiary/aromatic N) is 1. The summed E-state index contributed by atoms with van der Waals surface area (Å²) in [5.41, 5.74) is 0.383. The van der Waals surface area contributed by atoms with E-state index in [0.29, 0.717) is 11.6 Å². The number of aromatic carboxylic acids is 1. The van der Waals surface area contributed by atoms with Gasteiger partial charge in [0.15, 0.2) is 0 Å². The molecule has 1 heterocycles. The minimum atomic E-state index is -0.848. The van der Waals surface area contributed by atoms with Crippen LogP contribution < -0.4 is 0 Å². The van der Waals surface area contributed by atoms with E-state index in [9.17, 15) is 4.79 Å². The van der Waals surface area contributed by atoms with E-state index >= 15 is 0 Å². The standard InChI is InChI=1S/C11H14BrNO2/c12-9-5-10(11(14)15)13(7-9)6-8-3-1-2-4-8/h5,7-8H,1-4,6H2,(H,14,15). The summed E-state index contributed by atoms with van der Waals surface area (Å²) in [6.07, 6.45) is 6.90. The fraction of sp³-hybridized carbons (Fsp3) is 0.545. The van der Waals surface area contributed by atoms with Gasteiger partial charge in [-0.2, -0.15) is 0 Å². The van der Waals surface area contributed by atoms with Crippen molar-refractivity contribution in [2.45, 2.75) is 32.2 Å². The number of rotatable bonds is 3. The first-order valence-corrected chi connectivity index (χ1v) is 6.05. The fourth-order valence-corrected chi connectivity index (χ4v) is 2.74. The van der Waals surface area contributed by atoms with E-state index in [0.717, 1.165) is 11.0 Å². The van der Waals surface area contributed by atoms with Gasteiger partial charge < -0.3 is 9.67 Å². The topological polar surface area (TPSA) is 42.2 Å². The summed E-state index contributed by atoms with van der Waals surface area (Å²) >= 11 is 3.32. The Kier molecular flexibility index (Phi) is 3.14. The molecule has 0 atom stereocenters. The van der Waals surface area contributed by atoms with Crippen molar-refractivity contribution in [1.29, 1.82) is 0 Å². The number of hydrogen-bond donors (Lipinski definition) is 1. The van der Waals surface area contributed by atoms with Crippen molar-refractivity contribution in [2.24, 2.45) is 5.92 Å². The quantitative estimate of drug-likeness (QED) is 0.918. The number of carboxylic acids is 1. The van der Waals surface area contributed by atoms with Crippen LogP contribution in [0, 0.1) is 5.92 Å². The van der Waals surface area contributed by atoms with Gasteiger partial charge in [-0.3, -0.25) is 0 Å². The molecule has 4 heteroatoms. The summed E-state index contributed by atoms with van der Waals surface area (Å²) in [6.45, 7) is 0.841. The predicted octanol–water partition coefficient (Wildman–Crippen LogP) is 3.14. The van der Waals surface area contributed by atoms with Gasteiger partial charge in [-0.25, -0.2) is 4.79 Å². The van der Waals surface area contributed by atoms with E-state index in [1.54, 1.807) is 6.07 Å². The minimum Gasteiger partial charge on any atom is -0.477 e. The third-order valence-electron chi connectivity index (χ3n) is 3.01. The van der Waals surface area contributed by atoms with Crippen LogP contribution in [0.4, 0.5) is 0 Å². The molecule has 0 saturated heterocycles. The molecule has 1 aliphatic rings. The second-order valence-corrected chi connectivity index (χ2v) is 5.07. The highest BCUT2D eigenvalue weighted by Crippen LogP contribution is 2.27. The Morgan fingerprint density at radius 2 is 2.20 bits per heavy atom. The third kappa shape index (κ3) is 2.43. The molecular formula is C11H14BrNO2. The lowest BCUT2D eigenvalue weighted by molar-refractivity contribution is 0.0684. The second-order valence-electron chi connectivity index (χ2n) is 4.15. The van der Waals surface area contributed by atoms with Gasteiger partial charge >= 0.3 is 5.97 Å². The van der Waals surface area contributed by atoms with Crippen LogP contribution in [0.2, 0.25) is 0 Å². The van der Waals surface area contributed by atoms with Gasteiger partial charge in [0, 0.05) is 17.2 Å². The summed E-state index contributed by atoms with van der Waals surface area (Å²) in [4.78, 5) is 11.0. The van der Waals surface area contributed by atoms with E-state index in [4.69, 9.17) is 5.11 Å². The lowest BCUT2D eigenvalue weighted by Crippen LogP contribution is -2.12.